The number of amides is 2. The predicted octanol–water partition coefficient (Wildman–Crippen LogP) is 1.28. The molecule has 3 fully saturated rings. The van der Waals surface area contributed by atoms with Gasteiger partial charge in [0, 0.05) is 45.5 Å². The van der Waals surface area contributed by atoms with E-state index in [2.05, 4.69) is 5.32 Å². The standard InChI is InChI=1S/C20H26FN5O4S2/c1-23(20(31)29-2)16-12-26(19(28)30-16)13-3-4-15(14(21)11-13)24-6-8-25(9-7-24)18(27)17-22-5-10-32-17/h3-4,11,16-17,22H,5-10,12H2,1-2H3. The number of nitrogens with one attached hydrogen (secondary N) is 1. The SMILES string of the molecule is COC(=S)N(C)C1CN(c2ccc(N3CCN(C(=O)C4NCCS4)CC3)c(F)c2)C(=O)O1. The molecule has 3 aliphatic rings. The van der Waals surface area contributed by atoms with Crippen LogP contribution in [0.3, 0.4) is 0 Å². The molecule has 1 N–H and O–H groups in total. The Morgan fingerprint density at radius 2 is 2.09 bits per heavy atom. The van der Waals surface area contributed by atoms with Crippen molar-refractivity contribution in [2.45, 2.75) is 11.6 Å². The van der Waals surface area contributed by atoms with E-state index < -0.39 is 18.1 Å². The summed E-state index contributed by atoms with van der Waals surface area (Å²) in [7, 11) is 3.12. The number of nitrogens with zero attached hydrogens (tertiary/aromatic N) is 4. The number of methoxy groups -OCH3 is 1. The number of cyclic esters (lactones) is 1. The van der Waals surface area contributed by atoms with Crippen molar-refractivity contribution in [1.29, 1.82) is 0 Å². The van der Waals surface area contributed by atoms with Gasteiger partial charge >= 0.3 is 6.09 Å². The number of piperazine rings is 1. The van der Waals surface area contributed by atoms with Crippen molar-refractivity contribution >= 4 is 52.5 Å². The summed E-state index contributed by atoms with van der Waals surface area (Å²) < 4.78 is 25.3. The molecule has 4 rings (SSSR count). The molecule has 1 aromatic carbocycles. The minimum absolute atomic E-state index is 0.1000. The second-order valence-electron chi connectivity index (χ2n) is 7.68. The number of halogens is 1. The number of thioether (sulfide) groups is 1. The fraction of sp³-hybridized carbons (Fsp3) is 0.550. The van der Waals surface area contributed by atoms with Crippen LogP contribution in [0.15, 0.2) is 18.2 Å². The van der Waals surface area contributed by atoms with Gasteiger partial charge in [-0.2, -0.15) is 0 Å². The molecule has 3 saturated heterocycles. The zero-order chi connectivity index (χ0) is 22.8. The Morgan fingerprint density at radius 3 is 2.72 bits per heavy atom. The van der Waals surface area contributed by atoms with Gasteiger partial charge in [-0.3, -0.25) is 19.9 Å². The minimum atomic E-state index is -0.615. The summed E-state index contributed by atoms with van der Waals surface area (Å²) in [6, 6.07) is 4.71. The monoisotopic (exact) mass is 483 g/mol. The van der Waals surface area contributed by atoms with Gasteiger partial charge in [-0.1, -0.05) is 0 Å². The topological polar surface area (TPSA) is 77.6 Å². The number of ether oxygens (including phenoxy) is 2. The highest BCUT2D eigenvalue weighted by atomic mass is 32.2. The number of carbonyl (C=O) groups is 2. The zero-order valence-corrected chi connectivity index (χ0v) is 19.6. The van der Waals surface area contributed by atoms with Crippen LogP contribution in [0.25, 0.3) is 0 Å². The Balaban J connectivity index is 1.38. The van der Waals surface area contributed by atoms with Crippen molar-refractivity contribution in [1.82, 2.24) is 15.1 Å². The van der Waals surface area contributed by atoms with E-state index >= 15 is 0 Å². The first-order chi connectivity index (χ1) is 15.4. The number of hydrogen-bond donors (Lipinski definition) is 1. The molecule has 1 aromatic rings. The van der Waals surface area contributed by atoms with Gasteiger partial charge in [0.15, 0.2) is 6.23 Å². The van der Waals surface area contributed by atoms with Crippen LogP contribution in [0, 0.1) is 5.82 Å². The van der Waals surface area contributed by atoms with Crippen LogP contribution in [0.5, 0.6) is 0 Å². The molecule has 0 aromatic heterocycles. The summed E-state index contributed by atoms with van der Waals surface area (Å²) in [4.78, 5) is 31.5. The van der Waals surface area contributed by atoms with Crippen molar-refractivity contribution in [3.63, 3.8) is 0 Å². The average molecular weight is 484 g/mol. The molecule has 2 unspecified atom stereocenters. The van der Waals surface area contributed by atoms with Crippen LogP contribution in [0.2, 0.25) is 0 Å². The van der Waals surface area contributed by atoms with E-state index in [1.54, 1.807) is 35.8 Å². The third-order valence-corrected chi connectivity index (χ3v) is 7.40. The number of carbonyl (C=O) groups excluding carboxylic acids is 2. The molecule has 0 saturated carbocycles. The van der Waals surface area contributed by atoms with Crippen molar-refractivity contribution in [3.05, 3.63) is 24.0 Å². The van der Waals surface area contributed by atoms with Crippen LogP contribution in [0.1, 0.15) is 0 Å². The number of rotatable bonds is 4. The van der Waals surface area contributed by atoms with Gasteiger partial charge < -0.3 is 19.3 Å². The van der Waals surface area contributed by atoms with Crippen LogP contribution < -0.4 is 15.1 Å². The Morgan fingerprint density at radius 1 is 1.34 bits per heavy atom. The number of benzene rings is 1. The van der Waals surface area contributed by atoms with Gasteiger partial charge in [-0.25, -0.2) is 9.18 Å². The molecule has 3 heterocycles. The third kappa shape index (κ3) is 4.57. The van der Waals surface area contributed by atoms with Gasteiger partial charge in [0.1, 0.15) is 11.2 Å². The number of anilines is 2. The fourth-order valence-electron chi connectivity index (χ4n) is 3.96. The van der Waals surface area contributed by atoms with E-state index in [9.17, 15) is 14.0 Å². The lowest BCUT2D eigenvalue weighted by atomic mass is 10.2. The molecule has 32 heavy (non-hydrogen) atoms. The summed E-state index contributed by atoms with van der Waals surface area (Å²) in [6.45, 7) is 3.24. The van der Waals surface area contributed by atoms with Gasteiger partial charge in [0.2, 0.25) is 5.91 Å². The third-order valence-electron chi connectivity index (χ3n) is 5.81. The summed E-state index contributed by atoms with van der Waals surface area (Å²) in [5.74, 6) is 0.615. The molecule has 0 spiro atoms. The maximum absolute atomic E-state index is 15.0. The maximum atomic E-state index is 15.0. The number of thiocarbonyl (C=S) groups is 1. The smallest absolute Gasteiger partial charge is 0.416 e. The van der Waals surface area contributed by atoms with Crippen molar-refractivity contribution in [3.8, 4) is 0 Å². The first-order valence-corrected chi connectivity index (χ1v) is 11.8. The molecule has 0 radical (unpaired) electrons. The van der Waals surface area contributed by atoms with Crippen molar-refractivity contribution in [2.75, 3.05) is 69.0 Å². The zero-order valence-electron chi connectivity index (χ0n) is 18.0. The maximum Gasteiger partial charge on any atom is 0.416 e. The average Bonchev–Trinajstić information content (AvgIpc) is 3.48. The summed E-state index contributed by atoms with van der Waals surface area (Å²) in [5.41, 5.74) is 0.865. The minimum Gasteiger partial charge on any atom is -0.474 e. The Kier molecular flexibility index (Phi) is 6.91. The molecule has 2 atom stereocenters. The molecule has 3 aliphatic heterocycles. The molecular formula is C20H26FN5O4S2. The molecule has 174 valence electrons. The Labute approximate surface area is 195 Å². The van der Waals surface area contributed by atoms with E-state index in [0.717, 1.165) is 12.3 Å². The van der Waals surface area contributed by atoms with E-state index in [1.807, 2.05) is 9.80 Å². The lowest BCUT2D eigenvalue weighted by molar-refractivity contribution is -0.131. The summed E-state index contributed by atoms with van der Waals surface area (Å²) in [6.07, 6.45) is -1.19. The van der Waals surface area contributed by atoms with E-state index in [-0.39, 0.29) is 23.0 Å². The lowest BCUT2D eigenvalue weighted by Crippen LogP contribution is -2.52. The lowest BCUT2D eigenvalue weighted by Gasteiger charge is -2.37. The Hall–Kier alpha value is -2.31. The highest BCUT2D eigenvalue weighted by Gasteiger charge is 2.37. The van der Waals surface area contributed by atoms with Gasteiger partial charge in [0.05, 0.1) is 25.0 Å². The largest absolute Gasteiger partial charge is 0.474 e. The van der Waals surface area contributed by atoms with Crippen LogP contribution in [0.4, 0.5) is 20.6 Å². The molecule has 2 amide bonds. The molecule has 0 aliphatic carbocycles. The molecule has 0 bridgehead atoms. The predicted molar refractivity (Wildman–Crippen MR) is 124 cm³/mol. The van der Waals surface area contributed by atoms with Crippen molar-refractivity contribution < 1.29 is 23.5 Å². The van der Waals surface area contributed by atoms with Gasteiger partial charge in [-0.05, 0) is 30.4 Å². The highest BCUT2D eigenvalue weighted by Crippen LogP contribution is 2.29. The molecular weight excluding hydrogens is 457 g/mol. The Bertz CT molecular complexity index is 893. The summed E-state index contributed by atoms with van der Waals surface area (Å²) in [5, 5.41) is 3.23. The second kappa shape index (κ2) is 9.67. The molecule has 9 nitrogen and oxygen atoms in total. The first-order valence-electron chi connectivity index (χ1n) is 10.4. The van der Waals surface area contributed by atoms with Gasteiger partial charge in [0.25, 0.3) is 5.17 Å². The van der Waals surface area contributed by atoms with Crippen LogP contribution >= 0.6 is 24.0 Å². The van der Waals surface area contributed by atoms with Crippen LogP contribution in [-0.2, 0) is 14.3 Å². The quantitative estimate of drug-likeness (QED) is 0.638. The number of hydrogen-bond acceptors (Lipinski definition) is 8. The van der Waals surface area contributed by atoms with E-state index in [1.165, 1.54) is 18.1 Å². The fourth-order valence-corrected chi connectivity index (χ4v) is 5.08. The molecule has 12 heteroatoms. The number of likely N-dealkylation sites (N-methyl/N-ethyl adjacent to an activating group) is 1. The summed E-state index contributed by atoms with van der Waals surface area (Å²) >= 11 is 6.70. The van der Waals surface area contributed by atoms with Crippen LogP contribution in [-0.4, -0.2) is 97.8 Å². The highest BCUT2D eigenvalue weighted by molar-refractivity contribution is 8.00. The van der Waals surface area contributed by atoms with E-state index in [0.29, 0.717) is 37.6 Å². The second-order valence-corrected chi connectivity index (χ2v) is 9.25. The van der Waals surface area contributed by atoms with Crippen molar-refractivity contribution in [2.24, 2.45) is 0 Å². The first kappa shape index (κ1) is 22.9. The van der Waals surface area contributed by atoms with Gasteiger partial charge in [-0.15, -0.1) is 11.8 Å². The van der Waals surface area contributed by atoms with E-state index in [4.69, 9.17) is 21.7 Å². The normalized spacial score (nSPS) is 23.3.